The van der Waals surface area contributed by atoms with Crippen molar-refractivity contribution < 1.29 is 4.79 Å². The largest absolute Gasteiger partial charge is 0.297 e. The zero-order chi connectivity index (χ0) is 18.4. The van der Waals surface area contributed by atoms with Gasteiger partial charge < -0.3 is 0 Å². The molecule has 4 aromatic rings. The van der Waals surface area contributed by atoms with Gasteiger partial charge in [-0.2, -0.15) is 5.26 Å². The van der Waals surface area contributed by atoms with Crippen LogP contribution in [-0.2, 0) is 4.79 Å². The molecule has 1 atom stereocenters. The molecule has 0 radical (unpaired) electrons. The first-order valence-electron chi connectivity index (χ1n) is 8.75. The summed E-state index contributed by atoms with van der Waals surface area (Å²) in [6.07, 6.45) is 0. The summed E-state index contributed by atoms with van der Waals surface area (Å²) in [5.74, 6) is -1.39. The molecular formula is C23H14N2OS. The van der Waals surface area contributed by atoms with E-state index in [9.17, 15) is 10.1 Å². The molecule has 128 valence electrons. The predicted molar refractivity (Wildman–Crippen MR) is 107 cm³/mol. The maximum atomic E-state index is 13.5. The van der Waals surface area contributed by atoms with Gasteiger partial charge >= 0.3 is 0 Å². The van der Waals surface area contributed by atoms with Crippen LogP contribution in [-0.4, -0.2) is 10.8 Å². The second kappa shape index (κ2) is 6.15. The van der Waals surface area contributed by atoms with E-state index in [0.717, 1.165) is 32.5 Å². The maximum Gasteiger partial charge on any atom is 0.168 e. The van der Waals surface area contributed by atoms with E-state index >= 15 is 0 Å². The van der Waals surface area contributed by atoms with Crippen LogP contribution >= 0.6 is 11.3 Å². The van der Waals surface area contributed by atoms with Gasteiger partial charge in [0.25, 0.3) is 0 Å². The summed E-state index contributed by atoms with van der Waals surface area (Å²) in [7, 11) is 0. The third-order valence-corrected chi connectivity index (χ3v) is 6.19. The number of para-hydroxylation sites is 1. The molecule has 3 aromatic carbocycles. The third kappa shape index (κ3) is 2.40. The average Bonchev–Trinajstić information content (AvgIpc) is 3.27. The van der Waals surface area contributed by atoms with E-state index in [-0.39, 0.29) is 5.78 Å². The van der Waals surface area contributed by atoms with Gasteiger partial charge in [0, 0.05) is 0 Å². The van der Waals surface area contributed by atoms with Gasteiger partial charge in [-0.15, -0.1) is 11.3 Å². The summed E-state index contributed by atoms with van der Waals surface area (Å²) < 4.78 is 0.993. The molecule has 0 amide bonds. The molecule has 5 rings (SSSR count). The Morgan fingerprint density at radius 2 is 1.52 bits per heavy atom. The molecule has 0 spiro atoms. The second-order valence-electron chi connectivity index (χ2n) is 6.59. The van der Waals surface area contributed by atoms with Crippen molar-refractivity contribution in [3.8, 4) is 17.2 Å². The lowest BCUT2D eigenvalue weighted by Gasteiger charge is -2.15. The van der Waals surface area contributed by atoms with Crippen LogP contribution in [0.2, 0.25) is 0 Å². The molecular weight excluding hydrogens is 352 g/mol. The summed E-state index contributed by atoms with van der Waals surface area (Å²) in [5, 5.41) is 10.4. The van der Waals surface area contributed by atoms with E-state index in [1.54, 1.807) is 0 Å². The monoisotopic (exact) mass is 366 g/mol. The van der Waals surface area contributed by atoms with Crippen molar-refractivity contribution in [1.82, 2.24) is 4.98 Å². The number of thiazole rings is 1. The van der Waals surface area contributed by atoms with E-state index < -0.39 is 11.8 Å². The van der Waals surface area contributed by atoms with E-state index in [0.29, 0.717) is 5.01 Å². The summed E-state index contributed by atoms with van der Waals surface area (Å²) >= 11 is 1.43. The minimum atomic E-state index is -0.869. The molecule has 0 saturated heterocycles. The van der Waals surface area contributed by atoms with E-state index in [4.69, 9.17) is 0 Å². The van der Waals surface area contributed by atoms with Gasteiger partial charge in [-0.25, -0.2) is 4.98 Å². The molecule has 0 aliphatic heterocycles. The standard InChI is InChI=1S/C23H14N2OS/c24-13-18(23-25-19-11-5-6-12-20(19)27-23)22(26)21-16-9-3-1-7-14(16)15-8-2-4-10-17(15)21/h1-12,18,21H/t18-/m0/s1. The third-order valence-electron chi connectivity index (χ3n) is 5.09. The van der Waals surface area contributed by atoms with Gasteiger partial charge in [-0.05, 0) is 34.4 Å². The molecule has 1 heterocycles. The molecule has 0 saturated carbocycles. The number of nitrogens with zero attached hydrogens (tertiary/aromatic N) is 2. The number of fused-ring (bicyclic) bond motifs is 4. The van der Waals surface area contributed by atoms with Crippen molar-refractivity contribution >= 4 is 27.3 Å². The Bertz CT molecular complexity index is 1160. The minimum Gasteiger partial charge on any atom is -0.297 e. The van der Waals surface area contributed by atoms with Gasteiger partial charge in [0.2, 0.25) is 0 Å². The molecule has 1 aliphatic carbocycles. The van der Waals surface area contributed by atoms with E-state index in [1.807, 2.05) is 72.8 Å². The highest BCUT2D eigenvalue weighted by molar-refractivity contribution is 7.18. The average molecular weight is 366 g/mol. The number of carbonyl (C=O) groups excluding carboxylic acids is 1. The van der Waals surface area contributed by atoms with Crippen LogP contribution in [0.15, 0.2) is 72.8 Å². The molecule has 1 aromatic heterocycles. The number of benzene rings is 3. The first kappa shape index (κ1) is 15.9. The van der Waals surface area contributed by atoms with Gasteiger partial charge in [0.05, 0.1) is 22.2 Å². The van der Waals surface area contributed by atoms with Crippen LogP contribution in [0.25, 0.3) is 21.3 Å². The van der Waals surface area contributed by atoms with E-state index in [2.05, 4.69) is 11.1 Å². The van der Waals surface area contributed by atoms with E-state index in [1.165, 1.54) is 11.3 Å². The van der Waals surface area contributed by atoms with Crippen LogP contribution in [0.3, 0.4) is 0 Å². The molecule has 3 nitrogen and oxygen atoms in total. The van der Waals surface area contributed by atoms with Gasteiger partial charge in [0.15, 0.2) is 11.7 Å². The van der Waals surface area contributed by atoms with Crippen LogP contribution in [0.4, 0.5) is 0 Å². The second-order valence-corrected chi connectivity index (χ2v) is 7.65. The first-order valence-corrected chi connectivity index (χ1v) is 9.56. The fraction of sp³-hybridized carbons (Fsp3) is 0.0870. The fourth-order valence-corrected chi connectivity index (χ4v) is 4.90. The van der Waals surface area contributed by atoms with Crippen molar-refractivity contribution in [2.45, 2.75) is 11.8 Å². The zero-order valence-corrected chi connectivity index (χ0v) is 15.1. The van der Waals surface area contributed by atoms with Crippen LogP contribution < -0.4 is 0 Å². The number of Topliss-reactive ketones (excluding diaryl/α,β-unsaturated/α-hetero) is 1. The summed E-state index contributed by atoms with van der Waals surface area (Å²) in [6.45, 7) is 0. The molecule has 27 heavy (non-hydrogen) atoms. The summed E-state index contributed by atoms with van der Waals surface area (Å²) in [6, 6.07) is 25.9. The number of rotatable bonds is 3. The Hall–Kier alpha value is -3.29. The molecule has 0 N–H and O–H groups in total. The lowest BCUT2D eigenvalue weighted by Crippen LogP contribution is -2.19. The zero-order valence-electron chi connectivity index (χ0n) is 14.3. The lowest BCUT2D eigenvalue weighted by molar-refractivity contribution is -0.119. The normalized spacial score (nSPS) is 13.7. The number of hydrogen-bond donors (Lipinski definition) is 0. The Kier molecular flexibility index (Phi) is 3.63. The van der Waals surface area contributed by atoms with Gasteiger partial charge in [-0.1, -0.05) is 60.7 Å². The van der Waals surface area contributed by atoms with Crippen molar-refractivity contribution in [3.63, 3.8) is 0 Å². The lowest BCUT2D eigenvalue weighted by atomic mass is 9.86. The molecule has 0 unspecified atom stereocenters. The smallest absolute Gasteiger partial charge is 0.168 e. The van der Waals surface area contributed by atoms with Crippen LogP contribution in [0, 0.1) is 11.3 Å². The van der Waals surface area contributed by atoms with Crippen molar-refractivity contribution in [2.75, 3.05) is 0 Å². The maximum absolute atomic E-state index is 13.5. The highest BCUT2D eigenvalue weighted by Crippen LogP contribution is 2.47. The van der Waals surface area contributed by atoms with Crippen molar-refractivity contribution in [1.29, 1.82) is 5.26 Å². The number of nitriles is 1. The number of carbonyl (C=O) groups is 1. The first-order chi connectivity index (χ1) is 13.3. The van der Waals surface area contributed by atoms with Crippen LogP contribution in [0.1, 0.15) is 28.0 Å². The Labute approximate surface area is 160 Å². The summed E-state index contributed by atoms with van der Waals surface area (Å²) in [5.41, 5.74) is 4.94. The predicted octanol–water partition coefficient (Wildman–Crippen LogP) is 5.29. The van der Waals surface area contributed by atoms with Crippen LogP contribution in [0.5, 0.6) is 0 Å². The van der Waals surface area contributed by atoms with Crippen molar-refractivity contribution in [3.05, 3.63) is 88.9 Å². The topological polar surface area (TPSA) is 53.8 Å². The number of hydrogen-bond acceptors (Lipinski definition) is 4. The molecule has 1 aliphatic rings. The SMILES string of the molecule is N#C[C@@H](C(=O)C1c2ccccc2-c2ccccc21)c1nc2ccccc2s1. The number of ketones is 1. The number of aromatic nitrogens is 1. The molecule has 0 bridgehead atoms. The fourth-order valence-electron chi connectivity index (χ4n) is 3.88. The molecule has 0 fully saturated rings. The Morgan fingerprint density at radius 1 is 0.926 bits per heavy atom. The Morgan fingerprint density at radius 3 is 2.15 bits per heavy atom. The highest BCUT2D eigenvalue weighted by Gasteiger charge is 2.38. The molecule has 4 heteroatoms. The van der Waals surface area contributed by atoms with Crippen molar-refractivity contribution in [2.24, 2.45) is 0 Å². The minimum absolute atomic E-state index is 0.103. The Balaban J connectivity index is 1.63. The highest BCUT2D eigenvalue weighted by atomic mass is 32.1. The quantitative estimate of drug-likeness (QED) is 0.495. The van der Waals surface area contributed by atoms with Gasteiger partial charge in [-0.3, -0.25) is 4.79 Å². The summed E-state index contributed by atoms with van der Waals surface area (Å²) in [4.78, 5) is 18.1. The van der Waals surface area contributed by atoms with Gasteiger partial charge in [0.1, 0.15) is 5.01 Å².